The van der Waals surface area contributed by atoms with Crippen LogP contribution in [0.15, 0.2) is 44.8 Å². The number of fused-ring (bicyclic) bond motifs is 3. The van der Waals surface area contributed by atoms with E-state index in [2.05, 4.69) is 114 Å². The molecule has 3 aromatic carbocycles. The van der Waals surface area contributed by atoms with Gasteiger partial charge in [-0.2, -0.15) is 0 Å². The van der Waals surface area contributed by atoms with E-state index in [-0.39, 0.29) is 16.2 Å². The summed E-state index contributed by atoms with van der Waals surface area (Å²) in [5.74, 6) is 0.747. The SMILES string of the molecule is Cc1cc(C(C)(C)C)c2op(Oc3ccc(C(C)(C)C)cc3)oc3c(C(C)(C)C)cc(C)c(C)c3c2c1C. The summed E-state index contributed by atoms with van der Waals surface area (Å²) in [4.78, 5) is 0. The Balaban J connectivity index is 2.18. The normalized spacial score (nSPS) is 12.9. The van der Waals surface area contributed by atoms with Crippen LogP contribution >= 0.6 is 8.24 Å². The molecular weight excluding hydrogens is 487 g/mol. The third-order valence-electron chi connectivity index (χ3n) is 7.70. The van der Waals surface area contributed by atoms with Crippen LogP contribution in [-0.4, -0.2) is 0 Å². The van der Waals surface area contributed by atoms with Crippen molar-refractivity contribution in [3.63, 3.8) is 0 Å². The molecule has 0 fully saturated rings. The van der Waals surface area contributed by atoms with Crippen LogP contribution in [-0.2, 0) is 16.2 Å². The van der Waals surface area contributed by atoms with Crippen LogP contribution < -0.4 is 4.52 Å². The van der Waals surface area contributed by atoms with Crippen LogP contribution in [0, 0.1) is 27.7 Å². The van der Waals surface area contributed by atoms with E-state index in [0.717, 1.165) is 27.7 Å². The van der Waals surface area contributed by atoms with Crippen LogP contribution in [0.25, 0.3) is 21.9 Å². The van der Waals surface area contributed by atoms with Crippen LogP contribution in [0.4, 0.5) is 0 Å². The number of hydrogen-bond acceptors (Lipinski definition) is 3. The highest BCUT2D eigenvalue weighted by Crippen LogP contribution is 2.46. The number of hydrogen-bond donors (Lipinski definition) is 0. The van der Waals surface area contributed by atoms with Gasteiger partial charge in [0.1, 0.15) is 16.9 Å². The summed E-state index contributed by atoms with van der Waals surface area (Å²) in [6.45, 7) is 28.9. The summed E-state index contributed by atoms with van der Waals surface area (Å²) in [5, 5.41) is 2.27. The van der Waals surface area contributed by atoms with Gasteiger partial charge in [0.2, 0.25) is 0 Å². The van der Waals surface area contributed by atoms with Gasteiger partial charge in [0.25, 0.3) is 0 Å². The second kappa shape index (κ2) is 9.53. The van der Waals surface area contributed by atoms with Gasteiger partial charge in [-0.3, -0.25) is 0 Å². The molecule has 0 unspecified atom stereocenters. The van der Waals surface area contributed by atoms with Crippen molar-refractivity contribution in [1.82, 2.24) is 0 Å². The Morgan fingerprint density at radius 3 is 1.32 bits per heavy atom. The third kappa shape index (κ3) is 5.28. The summed E-state index contributed by atoms with van der Waals surface area (Å²) in [5.41, 5.74) is 10.2. The van der Waals surface area contributed by atoms with E-state index >= 15 is 0 Å². The van der Waals surface area contributed by atoms with Crippen LogP contribution in [0.5, 0.6) is 5.75 Å². The van der Waals surface area contributed by atoms with Gasteiger partial charge in [0, 0.05) is 21.9 Å². The Kier molecular flexibility index (Phi) is 7.11. The highest BCUT2D eigenvalue weighted by Gasteiger charge is 2.27. The summed E-state index contributed by atoms with van der Waals surface area (Å²) in [6.07, 6.45) is 0. The van der Waals surface area contributed by atoms with Crippen molar-refractivity contribution in [2.24, 2.45) is 0 Å². The largest absolute Gasteiger partial charge is 0.453 e. The van der Waals surface area contributed by atoms with Gasteiger partial charge in [0.05, 0.1) is 0 Å². The smallest absolute Gasteiger partial charge is 0.391 e. The summed E-state index contributed by atoms with van der Waals surface area (Å²) >= 11 is 0. The van der Waals surface area contributed by atoms with Gasteiger partial charge in [-0.1, -0.05) is 86.6 Å². The molecule has 4 heteroatoms. The lowest BCUT2D eigenvalue weighted by molar-refractivity contribution is 0.488. The second-order valence-electron chi connectivity index (χ2n) is 13.9. The Hall–Kier alpha value is -2.64. The topological polar surface area (TPSA) is 35.5 Å². The lowest BCUT2D eigenvalue weighted by Crippen LogP contribution is -2.13. The molecule has 204 valence electrons. The molecule has 0 radical (unpaired) electrons. The van der Waals surface area contributed by atoms with Crippen molar-refractivity contribution in [3.8, 4) is 5.75 Å². The first-order valence-electron chi connectivity index (χ1n) is 13.6. The molecule has 1 aromatic heterocycles. The van der Waals surface area contributed by atoms with Crippen LogP contribution in [0.1, 0.15) is 101 Å². The summed E-state index contributed by atoms with van der Waals surface area (Å²) < 4.78 is 20.1. The molecule has 0 N–H and O–H groups in total. The zero-order valence-electron chi connectivity index (χ0n) is 25.6. The Labute approximate surface area is 230 Å². The van der Waals surface area contributed by atoms with Crippen molar-refractivity contribution in [3.05, 3.63) is 75.3 Å². The predicted molar refractivity (Wildman–Crippen MR) is 164 cm³/mol. The summed E-state index contributed by atoms with van der Waals surface area (Å²) in [7, 11) is -1.76. The van der Waals surface area contributed by atoms with Gasteiger partial charge in [-0.15, -0.1) is 0 Å². The standard InChI is InChI=1S/C34H45O3P/c1-20-18-26(33(8,9)10)30-28(22(20)3)29-23(4)21(2)19-27(34(11,12)13)31(29)37-38(36-30)35-25-16-14-24(15-17-25)32(5,6)7/h14-19H,1-13H3. The van der Waals surface area contributed by atoms with E-state index in [0.29, 0.717) is 0 Å². The molecule has 0 saturated carbocycles. The molecule has 0 saturated heterocycles. The third-order valence-corrected chi connectivity index (χ3v) is 8.72. The summed E-state index contributed by atoms with van der Waals surface area (Å²) in [6, 6.07) is 12.9. The maximum absolute atomic E-state index is 6.82. The lowest BCUT2D eigenvalue weighted by Gasteiger charge is -2.23. The number of aryl methyl sites for hydroxylation is 4. The van der Waals surface area contributed by atoms with Crippen molar-refractivity contribution in [1.29, 1.82) is 0 Å². The van der Waals surface area contributed by atoms with Crippen molar-refractivity contribution >= 4 is 30.2 Å². The minimum atomic E-state index is -1.76. The minimum absolute atomic E-state index is 0.0745. The lowest BCUT2D eigenvalue weighted by atomic mass is 9.81. The van der Waals surface area contributed by atoms with Crippen molar-refractivity contribution in [2.45, 2.75) is 106 Å². The van der Waals surface area contributed by atoms with E-state index in [1.165, 1.54) is 38.9 Å². The van der Waals surface area contributed by atoms with E-state index in [1.807, 2.05) is 12.1 Å². The monoisotopic (exact) mass is 532 g/mol. The first kappa shape index (κ1) is 28.4. The van der Waals surface area contributed by atoms with Crippen molar-refractivity contribution < 1.29 is 12.9 Å². The fraction of sp³-hybridized carbons (Fsp3) is 0.471. The second-order valence-corrected chi connectivity index (χ2v) is 14.9. The van der Waals surface area contributed by atoms with Gasteiger partial charge in [-0.05, 0) is 83.9 Å². The molecule has 0 bridgehead atoms. The fourth-order valence-electron chi connectivity index (χ4n) is 5.00. The Bertz CT molecular complexity index is 1460. The molecule has 4 aromatic rings. The molecule has 0 amide bonds. The van der Waals surface area contributed by atoms with Gasteiger partial charge >= 0.3 is 8.24 Å². The maximum atomic E-state index is 6.82. The van der Waals surface area contributed by atoms with Crippen LogP contribution in [0.2, 0.25) is 0 Å². The maximum Gasteiger partial charge on any atom is 0.453 e. The van der Waals surface area contributed by atoms with E-state index in [1.54, 1.807) is 0 Å². The Morgan fingerprint density at radius 1 is 0.579 bits per heavy atom. The van der Waals surface area contributed by atoms with E-state index < -0.39 is 8.24 Å². The minimum Gasteiger partial charge on any atom is -0.391 e. The van der Waals surface area contributed by atoms with Crippen molar-refractivity contribution in [2.75, 3.05) is 0 Å². The number of benzene rings is 3. The molecule has 0 aliphatic carbocycles. The molecule has 0 spiro atoms. The average Bonchev–Trinajstić information content (AvgIpc) is 2.94. The molecule has 0 aliphatic heterocycles. The van der Waals surface area contributed by atoms with Gasteiger partial charge < -0.3 is 12.9 Å². The highest BCUT2D eigenvalue weighted by atomic mass is 31.1. The average molecular weight is 533 g/mol. The first-order valence-corrected chi connectivity index (χ1v) is 14.7. The highest BCUT2D eigenvalue weighted by molar-refractivity contribution is 7.32. The first-order chi connectivity index (χ1) is 17.4. The molecular formula is C34H45O3P. The molecule has 3 nitrogen and oxygen atoms in total. The van der Waals surface area contributed by atoms with E-state index in [4.69, 9.17) is 12.9 Å². The zero-order chi connectivity index (χ0) is 28.4. The number of rotatable bonds is 2. The van der Waals surface area contributed by atoms with Crippen LogP contribution in [0.3, 0.4) is 0 Å². The predicted octanol–water partition coefficient (Wildman–Crippen LogP) is 11.3. The molecule has 38 heavy (non-hydrogen) atoms. The molecule has 0 atom stereocenters. The molecule has 1 heterocycles. The quantitative estimate of drug-likeness (QED) is 0.257. The van der Waals surface area contributed by atoms with Gasteiger partial charge in [0.15, 0.2) is 0 Å². The van der Waals surface area contributed by atoms with E-state index in [9.17, 15) is 0 Å². The zero-order valence-corrected chi connectivity index (χ0v) is 26.5. The van der Waals surface area contributed by atoms with Gasteiger partial charge in [-0.25, -0.2) is 0 Å². The molecule has 0 aliphatic rings. The fourth-order valence-corrected chi connectivity index (χ4v) is 6.08. The Morgan fingerprint density at radius 2 is 0.974 bits per heavy atom. The molecule has 4 rings (SSSR count).